The van der Waals surface area contributed by atoms with Crippen LogP contribution >= 0.6 is 24.2 Å². The molecule has 1 amide bonds. The van der Waals surface area contributed by atoms with Gasteiger partial charge in [0.05, 0.1) is 0 Å². The number of carbonyl (C=O) groups is 1. The van der Waals surface area contributed by atoms with E-state index in [9.17, 15) is 4.79 Å². The van der Waals surface area contributed by atoms with Gasteiger partial charge in [-0.05, 0) is 36.4 Å². The van der Waals surface area contributed by atoms with Gasteiger partial charge >= 0.3 is 0 Å². The second-order valence-electron chi connectivity index (χ2n) is 5.94. The molecular formula is C17H26ClN3OS. The fourth-order valence-corrected chi connectivity index (χ4v) is 3.98. The highest BCUT2D eigenvalue weighted by Crippen LogP contribution is 2.21. The molecule has 0 aliphatic carbocycles. The molecule has 1 aromatic carbocycles. The first kappa shape index (κ1) is 18.6. The number of likely N-dealkylation sites (tertiary alicyclic amines) is 1. The predicted molar refractivity (Wildman–Crippen MR) is 98.8 cm³/mol. The Morgan fingerprint density at radius 3 is 2.57 bits per heavy atom. The van der Waals surface area contributed by atoms with Crippen LogP contribution in [0.25, 0.3) is 0 Å². The summed E-state index contributed by atoms with van der Waals surface area (Å²) < 4.78 is 0. The summed E-state index contributed by atoms with van der Waals surface area (Å²) in [6, 6.07) is 8.61. The molecule has 1 unspecified atom stereocenters. The number of rotatable bonds is 4. The van der Waals surface area contributed by atoms with Crippen LogP contribution in [0.2, 0.25) is 0 Å². The van der Waals surface area contributed by atoms with Crippen LogP contribution in [-0.4, -0.2) is 66.8 Å². The highest BCUT2D eigenvalue weighted by atomic mass is 35.5. The van der Waals surface area contributed by atoms with E-state index in [0.29, 0.717) is 6.04 Å². The average molecular weight is 356 g/mol. The van der Waals surface area contributed by atoms with E-state index < -0.39 is 0 Å². The van der Waals surface area contributed by atoms with Crippen molar-refractivity contribution in [1.29, 1.82) is 0 Å². The van der Waals surface area contributed by atoms with E-state index >= 15 is 0 Å². The van der Waals surface area contributed by atoms with Crippen LogP contribution in [0, 0.1) is 0 Å². The predicted octanol–water partition coefficient (Wildman–Crippen LogP) is 2.34. The number of amides is 1. The van der Waals surface area contributed by atoms with Gasteiger partial charge < -0.3 is 10.2 Å². The number of nitrogens with one attached hydrogen (secondary N) is 1. The molecule has 2 aliphatic heterocycles. The van der Waals surface area contributed by atoms with E-state index in [4.69, 9.17) is 0 Å². The van der Waals surface area contributed by atoms with Gasteiger partial charge in [-0.2, -0.15) is 0 Å². The van der Waals surface area contributed by atoms with Crippen molar-refractivity contribution in [3.05, 3.63) is 29.8 Å². The molecule has 3 rings (SSSR count). The van der Waals surface area contributed by atoms with Gasteiger partial charge in [-0.1, -0.05) is 6.92 Å². The maximum atomic E-state index is 12.6. The normalized spacial score (nSPS) is 22.0. The third kappa shape index (κ3) is 4.63. The standard InChI is InChI=1S/C17H25N3OS.ClH/c1-2-22-16-5-3-14(4-6-16)17(21)20-10-7-15(13-20)19-11-8-18-9-12-19;/h3-6,15,18H,2,7-13H2,1H3;1H. The monoisotopic (exact) mass is 355 g/mol. The number of piperazine rings is 1. The van der Waals surface area contributed by atoms with Gasteiger partial charge in [-0.25, -0.2) is 0 Å². The molecule has 0 bridgehead atoms. The lowest BCUT2D eigenvalue weighted by Crippen LogP contribution is -2.49. The fourth-order valence-electron chi connectivity index (χ4n) is 3.31. The minimum absolute atomic E-state index is 0. The van der Waals surface area contributed by atoms with Crippen molar-refractivity contribution >= 4 is 30.1 Å². The van der Waals surface area contributed by atoms with Crippen LogP contribution in [0.5, 0.6) is 0 Å². The van der Waals surface area contributed by atoms with Gasteiger partial charge in [0.15, 0.2) is 0 Å². The van der Waals surface area contributed by atoms with Gasteiger partial charge in [0.25, 0.3) is 5.91 Å². The van der Waals surface area contributed by atoms with E-state index in [1.165, 1.54) is 4.90 Å². The number of benzene rings is 1. The lowest BCUT2D eigenvalue weighted by molar-refractivity contribution is 0.0773. The molecule has 0 aromatic heterocycles. The minimum atomic E-state index is 0. The van der Waals surface area contributed by atoms with Gasteiger partial charge in [0.2, 0.25) is 0 Å². The van der Waals surface area contributed by atoms with Gasteiger partial charge in [-0.15, -0.1) is 24.2 Å². The lowest BCUT2D eigenvalue weighted by Gasteiger charge is -2.32. The number of hydrogen-bond donors (Lipinski definition) is 1. The molecular weight excluding hydrogens is 330 g/mol. The van der Waals surface area contributed by atoms with E-state index in [2.05, 4.69) is 29.3 Å². The number of halogens is 1. The zero-order valence-electron chi connectivity index (χ0n) is 13.7. The van der Waals surface area contributed by atoms with Crippen molar-refractivity contribution in [2.45, 2.75) is 24.3 Å². The molecule has 1 atom stereocenters. The maximum Gasteiger partial charge on any atom is 0.253 e. The Morgan fingerprint density at radius 1 is 1.22 bits per heavy atom. The Hall–Kier alpha value is -0.750. The SMILES string of the molecule is CCSc1ccc(C(=O)N2CCC(N3CCNCC3)C2)cc1.Cl. The number of hydrogen-bond acceptors (Lipinski definition) is 4. The zero-order valence-corrected chi connectivity index (χ0v) is 15.3. The second-order valence-corrected chi connectivity index (χ2v) is 7.27. The Balaban J connectivity index is 0.00000192. The summed E-state index contributed by atoms with van der Waals surface area (Å²) in [6.45, 7) is 8.26. The Kier molecular flexibility index (Phi) is 7.21. The first-order valence-corrected chi connectivity index (χ1v) is 9.23. The number of carbonyl (C=O) groups excluding carboxylic acids is 1. The first-order chi connectivity index (χ1) is 10.8. The molecule has 4 nitrogen and oxygen atoms in total. The molecule has 23 heavy (non-hydrogen) atoms. The molecule has 0 spiro atoms. The van der Waals surface area contributed by atoms with E-state index in [1.54, 1.807) is 0 Å². The van der Waals surface area contributed by atoms with Crippen molar-refractivity contribution in [2.75, 3.05) is 45.0 Å². The summed E-state index contributed by atoms with van der Waals surface area (Å²) in [6.07, 6.45) is 1.11. The van der Waals surface area contributed by atoms with Gasteiger partial charge in [0.1, 0.15) is 0 Å². The minimum Gasteiger partial charge on any atom is -0.337 e. The van der Waals surface area contributed by atoms with Crippen molar-refractivity contribution in [2.24, 2.45) is 0 Å². The molecule has 1 aromatic rings. The van der Waals surface area contributed by atoms with Crippen LogP contribution in [0.1, 0.15) is 23.7 Å². The summed E-state index contributed by atoms with van der Waals surface area (Å²) in [5.41, 5.74) is 0.821. The first-order valence-electron chi connectivity index (χ1n) is 8.25. The quantitative estimate of drug-likeness (QED) is 0.841. The molecule has 2 saturated heterocycles. The Labute approximate surface area is 149 Å². The molecule has 0 saturated carbocycles. The summed E-state index contributed by atoms with van der Waals surface area (Å²) >= 11 is 1.81. The van der Waals surface area contributed by atoms with Crippen LogP contribution in [0.4, 0.5) is 0 Å². The topological polar surface area (TPSA) is 35.6 Å². The molecule has 2 heterocycles. The zero-order chi connectivity index (χ0) is 15.4. The van der Waals surface area contributed by atoms with E-state index in [1.807, 2.05) is 28.8 Å². The smallest absolute Gasteiger partial charge is 0.253 e. The maximum absolute atomic E-state index is 12.6. The largest absolute Gasteiger partial charge is 0.337 e. The summed E-state index contributed by atoms with van der Waals surface area (Å²) in [7, 11) is 0. The average Bonchev–Trinajstić information content (AvgIpc) is 3.06. The highest BCUT2D eigenvalue weighted by molar-refractivity contribution is 7.99. The van der Waals surface area contributed by atoms with Gasteiger partial charge in [-0.3, -0.25) is 9.69 Å². The molecule has 2 fully saturated rings. The molecule has 1 N–H and O–H groups in total. The van der Waals surface area contributed by atoms with Crippen molar-refractivity contribution in [1.82, 2.24) is 15.1 Å². The number of thioether (sulfide) groups is 1. The third-order valence-electron chi connectivity index (χ3n) is 4.53. The van der Waals surface area contributed by atoms with Crippen molar-refractivity contribution in [3.8, 4) is 0 Å². The second kappa shape index (κ2) is 8.92. The van der Waals surface area contributed by atoms with Crippen LogP contribution in [0.15, 0.2) is 29.2 Å². The lowest BCUT2D eigenvalue weighted by atomic mass is 10.2. The summed E-state index contributed by atoms with van der Waals surface area (Å²) in [5.74, 6) is 1.25. The van der Waals surface area contributed by atoms with Crippen LogP contribution < -0.4 is 5.32 Å². The van der Waals surface area contributed by atoms with Crippen molar-refractivity contribution < 1.29 is 4.79 Å². The van der Waals surface area contributed by atoms with E-state index in [-0.39, 0.29) is 18.3 Å². The van der Waals surface area contributed by atoms with Crippen LogP contribution in [0.3, 0.4) is 0 Å². The highest BCUT2D eigenvalue weighted by Gasteiger charge is 2.31. The number of nitrogens with zero attached hydrogens (tertiary/aromatic N) is 2. The molecule has 128 valence electrons. The molecule has 0 radical (unpaired) electrons. The van der Waals surface area contributed by atoms with Crippen molar-refractivity contribution in [3.63, 3.8) is 0 Å². The fraction of sp³-hybridized carbons (Fsp3) is 0.588. The van der Waals surface area contributed by atoms with Gasteiger partial charge in [0, 0.05) is 55.8 Å². The Bertz CT molecular complexity index is 505. The third-order valence-corrected chi connectivity index (χ3v) is 5.43. The van der Waals surface area contributed by atoms with E-state index in [0.717, 1.165) is 57.0 Å². The molecule has 6 heteroatoms. The summed E-state index contributed by atoms with van der Waals surface area (Å²) in [5, 5.41) is 3.39. The van der Waals surface area contributed by atoms with Crippen LogP contribution in [-0.2, 0) is 0 Å². The molecule has 2 aliphatic rings. The summed E-state index contributed by atoms with van der Waals surface area (Å²) in [4.78, 5) is 18.4. The Morgan fingerprint density at radius 2 is 1.91 bits per heavy atom.